The monoisotopic (exact) mass is 617 g/mol. The van der Waals surface area contributed by atoms with E-state index in [1.54, 1.807) is 11.1 Å². The summed E-state index contributed by atoms with van der Waals surface area (Å²) in [4.78, 5) is 2.64. The third-order valence-electron chi connectivity index (χ3n) is 14.9. The molecule has 4 aromatic carbocycles. The first kappa shape index (κ1) is 28.7. The fourth-order valence-electron chi connectivity index (χ4n) is 12.9. The molecule has 0 N–H and O–H groups in total. The Morgan fingerprint density at radius 3 is 2.09 bits per heavy atom. The molecule has 6 unspecified atom stereocenters. The van der Waals surface area contributed by atoms with E-state index in [9.17, 15) is 0 Å². The van der Waals surface area contributed by atoms with Crippen LogP contribution in [0.1, 0.15) is 115 Å². The Balaban J connectivity index is 1.20. The largest absolute Gasteiger partial charge is 0.310 e. The number of nitrogens with zero attached hydrogens (tertiary/aromatic N) is 1. The van der Waals surface area contributed by atoms with E-state index >= 15 is 0 Å². The second kappa shape index (κ2) is 8.82. The van der Waals surface area contributed by atoms with Gasteiger partial charge in [-0.25, -0.2) is 0 Å². The molecule has 0 saturated heterocycles. The summed E-state index contributed by atoms with van der Waals surface area (Å²) in [5.41, 5.74) is 15.9. The van der Waals surface area contributed by atoms with Gasteiger partial charge in [0.05, 0.1) is 5.69 Å². The summed E-state index contributed by atoms with van der Waals surface area (Å²) in [6.45, 7) is 16.8. The lowest BCUT2D eigenvalue weighted by Gasteiger charge is -2.76. The maximum Gasteiger partial charge on any atom is 0.0502 e. The van der Waals surface area contributed by atoms with Crippen LogP contribution in [0.2, 0.25) is 0 Å². The van der Waals surface area contributed by atoms with Crippen LogP contribution in [-0.2, 0) is 21.7 Å². The molecular formula is C46H51N. The number of anilines is 3. The molecule has 6 aliphatic carbocycles. The first-order valence-corrected chi connectivity index (χ1v) is 18.7. The average Bonchev–Trinajstić information content (AvgIpc) is 3.67. The highest BCUT2D eigenvalue weighted by atomic mass is 15.1. The van der Waals surface area contributed by atoms with Gasteiger partial charge in [-0.15, -0.1) is 0 Å². The summed E-state index contributed by atoms with van der Waals surface area (Å²) < 4.78 is 0. The lowest BCUT2D eigenvalue weighted by atomic mass is 9.27. The van der Waals surface area contributed by atoms with Gasteiger partial charge < -0.3 is 4.90 Å². The van der Waals surface area contributed by atoms with Gasteiger partial charge in [-0.1, -0.05) is 103 Å². The minimum Gasteiger partial charge on any atom is -0.310 e. The zero-order chi connectivity index (χ0) is 32.3. The summed E-state index contributed by atoms with van der Waals surface area (Å²) >= 11 is 0. The molecule has 2 bridgehead atoms. The van der Waals surface area contributed by atoms with E-state index in [4.69, 9.17) is 0 Å². The first-order chi connectivity index (χ1) is 22.4. The number of hydrogen-bond acceptors (Lipinski definition) is 1. The summed E-state index contributed by atoms with van der Waals surface area (Å²) in [7, 11) is 0. The zero-order valence-corrected chi connectivity index (χ0v) is 29.6. The Bertz CT molecular complexity index is 1970. The average molecular weight is 618 g/mol. The normalized spacial score (nSPS) is 32.6. The molecule has 0 radical (unpaired) electrons. The molecule has 0 aliphatic heterocycles. The van der Waals surface area contributed by atoms with Gasteiger partial charge in [0, 0.05) is 16.8 Å². The van der Waals surface area contributed by atoms with Crippen molar-refractivity contribution >= 4 is 17.1 Å². The van der Waals surface area contributed by atoms with Crippen molar-refractivity contribution in [3.8, 4) is 11.1 Å². The van der Waals surface area contributed by atoms with Gasteiger partial charge in [0.15, 0.2) is 0 Å². The Kier molecular flexibility index (Phi) is 5.38. The van der Waals surface area contributed by atoms with Crippen LogP contribution in [0.15, 0.2) is 84.9 Å². The van der Waals surface area contributed by atoms with Crippen molar-refractivity contribution < 1.29 is 0 Å². The van der Waals surface area contributed by atoms with E-state index in [1.165, 1.54) is 83.4 Å². The molecule has 4 fully saturated rings. The molecule has 4 aromatic rings. The molecule has 6 aliphatic rings. The van der Waals surface area contributed by atoms with Crippen LogP contribution in [0, 0.1) is 29.1 Å². The Morgan fingerprint density at radius 1 is 0.638 bits per heavy atom. The highest BCUT2D eigenvalue weighted by Crippen LogP contribution is 2.89. The van der Waals surface area contributed by atoms with Crippen molar-refractivity contribution in [2.24, 2.45) is 29.1 Å². The van der Waals surface area contributed by atoms with E-state index in [0.717, 1.165) is 23.7 Å². The number of hydrogen-bond donors (Lipinski definition) is 0. The third-order valence-corrected chi connectivity index (χ3v) is 14.9. The highest BCUT2D eigenvalue weighted by molar-refractivity contribution is 5.88. The van der Waals surface area contributed by atoms with Crippen LogP contribution in [0.5, 0.6) is 0 Å². The predicted molar refractivity (Wildman–Crippen MR) is 196 cm³/mol. The minimum atomic E-state index is 0.101. The topological polar surface area (TPSA) is 3.24 Å². The Hall–Kier alpha value is -3.32. The van der Waals surface area contributed by atoms with Gasteiger partial charge in [0.1, 0.15) is 0 Å². The van der Waals surface area contributed by atoms with E-state index < -0.39 is 0 Å². The van der Waals surface area contributed by atoms with E-state index in [0.29, 0.717) is 5.41 Å². The summed E-state index contributed by atoms with van der Waals surface area (Å²) in [6.07, 6.45) is 8.34. The highest BCUT2D eigenvalue weighted by Gasteiger charge is 2.84. The smallest absolute Gasteiger partial charge is 0.0502 e. The Labute approximate surface area is 282 Å². The fraction of sp³-hybridized carbons (Fsp3) is 0.478. The van der Waals surface area contributed by atoms with E-state index in [-0.39, 0.29) is 21.7 Å². The molecular weight excluding hydrogens is 567 g/mol. The summed E-state index contributed by atoms with van der Waals surface area (Å²) in [6, 6.07) is 33.9. The SMILES string of the molecule is CC(C)(C)c1ccc(N(c2ccc3c(c2)C2(c4ccccc4-3)C3CC4CC5CC2C53C4)c2cccc3c2C(C)(C)CCC3(C)C)cc1. The third kappa shape index (κ3) is 3.37. The van der Waals surface area contributed by atoms with Crippen LogP contribution in [-0.4, -0.2) is 0 Å². The minimum absolute atomic E-state index is 0.101. The van der Waals surface area contributed by atoms with Crippen LogP contribution in [0.4, 0.5) is 17.1 Å². The van der Waals surface area contributed by atoms with Crippen LogP contribution < -0.4 is 4.90 Å². The van der Waals surface area contributed by atoms with Crippen molar-refractivity contribution in [3.05, 3.63) is 113 Å². The lowest BCUT2D eigenvalue weighted by Crippen LogP contribution is -2.73. The van der Waals surface area contributed by atoms with Gasteiger partial charge in [0.2, 0.25) is 0 Å². The molecule has 0 heterocycles. The van der Waals surface area contributed by atoms with Gasteiger partial charge >= 0.3 is 0 Å². The molecule has 1 nitrogen and oxygen atoms in total. The number of fused-ring (bicyclic) bond motifs is 9. The molecule has 240 valence electrons. The molecule has 2 spiro atoms. The molecule has 47 heavy (non-hydrogen) atoms. The zero-order valence-electron chi connectivity index (χ0n) is 29.6. The predicted octanol–water partition coefficient (Wildman–Crippen LogP) is 12.1. The van der Waals surface area contributed by atoms with Crippen molar-refractivity contribution in [3.63, 3.8) is 0 Å². The maximum absolute atomic E-state index is 2.68. The molecule has 6 atom stereocenters. The van der Waals surface area contributed by atoms with E-state index in [1.807, 2.05) is 0 Å². The molecule has 4 saturated carbocycles. The number of rotatable bonds is 3. The van der Waals surface area contributed by atoms with Crippen molar-refractivity contribution in [1.29, 1.82) is 0 Å². The fourth-order valence-corrected chi connectivity index (χ4v) is 12.9. The van der Waals surface area contributed by atoms with Crippen molar-refractivity contribution in [1.82, 2.24) is 0 Å². The van der Waals surface area contributed by atoms with Crippen LogP contribution in [0.3, 0.4) is 0 Å². The quantitative estimate of drug-likeness (QED) is 0.221. The summed E-state index contributed by atoms with van der Waals surface area (Å²) in [5, 5.41) is 0. The molecule has 1 heteroatoms. The maximum atomic E-state index is 2.68. The summed E-state index contributed by atoms with van der Waals surface area (Å²) in [5.74, 6) is 3.60. The molecule has 0 aromatic heterocycles. The lowest BCUT2D eigenvalue weighted by molar-refractivity contribution is -0.231. The van der Waals surface area contributed by atoms with Crippen molar-refractivity contribution in [2.45, 2.75) is 109 Å². The van der Waals surface area contributed by atoms with E-state index in [2.05, 4.69) is 138 Å². The second-order valence-electron chi connectivity index (χ2n) is 18.9. The van der Waals surface area contributed by atoms with Gasteiger partial charge in [-0.2, -0.15) is 0 Å². The first-order valence-electron chi connectivity index (χ1n) is 18.7. The molecule has 0 amide bonds. The van der Waals surface area contributed by atoms with Gasteiger partial charge in [0.25, 0.3) is 0 Å². The van der Waals surface area contributed by atoms with Gasteiger partial charge in [-0.05, 0) is 153 Å². The standard InChI is InChI=1S/C46H51N/c1-42(2,3)29-15-17-31(18-16-29)47(38-14-10-13-36-41(38)44(6,7)22-21-43(36,4)5)32-19-20-34-33-11-8-9-12-35(33)46(37(34)26-32)39-24-28-23-30-25-40(46)45(30,39)27-28/h8-20,26,28,30,39-40H,21-25,27H2,1-7H3. The molecule has 10 rings (SSSR count). The van der Waals surface area contributed by atoms with Crippen LogP contribution in [0.25, 0.3) is 11.1 Å². The van der Waals surface area contributed by atoms with Crippen molar-refractivity contribution in [2.75, 3.05) is 4.90 Å². The second-order valence-corrected chi connectivity index (χ2v) is 18.9. The van der Waals surface area contributed by atoms with Crippen LogP contribution >= 0.6 is 0 Å². The van der Waals surface area contributed by atoms with Gasteiger partial charge in [-0.3, -0.25) is 0 Å². The number of benzene rings is 4. The Morgan fingerprint density at radius 2 is 1.32 bits per heavy atom.